The molecule has 2 amide bonds. The van der Waals surface area contributed by atoms with E-state index in [0.717, 1.165) is 60.5 Å². The molecule has 300 valence electrons. The second-order valence-corrected chi connectivity index (χ2v) is 16.6. The van der Waals surface area contributed by atoms with Crippen LogP contribution in [0.15, 0.2) is 97.1 Å². The molecule has 4 aliphatic rings. The second kappa shape index (κ2) is 19.3. The Bertz CT molecular complexity index is 1880. The van der Waals surface area contributed by atoms with Gasteiger partial charge in [0.25, 0.3) is 11.8 Å². The van der Waals surface area contributed by atoms with Crippen LogP contribution in [-0.4, -0.2) is 59.5 Å². The van der Waals surface area contributed by atoms with Gasteiger partial charge < -0.3 is 28.9 Å². The van der Waals surface area contributed by atoms with E-state index in [2.05, 4.69) is 0 Å². The van der Waals surface area contributed by atoms with Crippen LogP contribution in [0.5, 0.6) is 0 Å². The number of ether oxygens (including phenoxy) is 2. The van der Waals surface area contributed by atoms with Gasteiger partial charge in [0.1, 0.15) is 37.0 Å². The van der Waals surface area contributed by atoms with Crippen LogP contribution in [0, 0.1) is 11.8 Å². The molecule has 0 N–H and O–H groups in total. The van der Waals surface area contributed by atoms with Crippen molar-refractivity contribution in [3.63, 3.8) is 0 Å². The number of halogens is 4. The highest BCUT2D eigenvalue weighted by molar-refractivity contribution is 6.31. The van der Waals surface area contributed by atoms with Gasteiger partial charge in [0.2, 0.25) is 0 Å². The standard InChI is InChI=1S/2C22H21Cl2NO3.CH4/c2*23-17-8-6-15(7-9-17)20-21(16-2-1-3-18(24)12-16)28-19(10-11-26)22(27)25(20)13-14-4-5-14;/h2*1-3,6-9,11-12,14,19-21H,4-5,10,13H2;1H4/t2*19-,20+,21-;/m10./s1. The van der Waals surface area contributed by atoms with Gasteiger partial charge in [0.05, 0.1) is 12.1 Å². The van der Waals surface area contributed by atoms with Crippen molar-refractivity contribution in [3.05, 3.63) is 139 Å². The number of nitrogens with zero attached hydrogens (tertiary/aromatic N) is 2. The van der Waals surface area contributed by atoms with Crippen molar-refractivity contribution in [1.29, 1.82) is 0 Å². The van der Waals surface area contributed by atoms with E-state index < -0.39 is 24.4 Å². The fourth-order valence-electron chi connectivity index (χ4n) is 7.56. The Labute approximate surface area is 354 Å². The molecule has 4 fully saturated rings. The quantitative estimate of drug-likeness (QED) is 0.132. The molecule has 2 aliphatic carbocycles. The third kappa shape index (κ3) is 10.5. The van der Waals surface area contributed by atoms with Crippen molar-refractivity contribution in [3.8, 4) is 0 Å². The van der Waals surface area contributed by atoms with E-state index in [1.165, 1.54) is 0 Å². The summed E-state index contributed by atoms with van der Waals surface area (Å²) in [4.78, 5) is 52.4. The molecule has 2 saturated carbocycles. The van der Waals surface area contributed by atoms with Gasteiger partial charge in [-0.1, -0.05) is 102 Å². The van der Waals surface area contributed by atoms with E-state index in [1.807, 2.05) is 94.7 Å². The van der Waals surface area contributed by atoms with Crippen LogP contribution in [-0.2, 0) is 28.7 Å². The second-order valence-electron chi connectivity index (χ2n) is 14.9. The van der Waals surface area contributed by atoms with Crippen molar-refractivity contribution in [1.82, 2.24) is 9.80 Å². The number of morpholine rings is 2. The lowest BCUT2D eigenvalue weighted by molar-refractivity contribution is -0.176. The summed E-state index contributed by atoms with van der Waals surface area (Å²) in [7, 11) is 0. The first-order valence-electron chi connectivity index (χ1n) is 18.9. The van der Waals surface area contributed by atoms with Crippen LogP contribution in [0.4, 0.5) is 0 Å². The first-order valence-corrected chi connectivity index (χ1v) is 20.5. The minimum absolute atomic E-state index is 0. The largest absolute Gasteiger partial charge is 0.357 e. The molecule has 0 radical (unpaired) electrons. The Morgan fingerprint density at radius 1 is 0.526 bits per heavy atom. The molecule has 57 heavy (non-hydrogen) atoms. The summed E-state index contributed by atoms with van der Waals surface area (Å²) >= 11 is 24.6. The summed E-state index contributed by atoms with van der Waals surface area (Å²) in [5.74, 6) is 0.761. The number of hydrogen-bond donors (Lipinski definition) is 0. The number of amides is 2. The van der Waals surface area contributed by atoms with E-state index in [1.54, 1.807) is 12.1 Å². The van der Waals surface area contributed by atoms with E-state index >= 15 is 0 Å². The van der Waals surface area contributed by atoms with Gasteiger partial charge in [0, 0.05) is 46.0 Å². The van der Waals surface area contributed by atoms with Gasteiger partial charge in [-0.05, 0) is 108 Å². The van der Waals surface area contributed by atoms with Crippen molar-refractivity contribution in [2.24, 2.45) is 11.8 Å². The summed E-state index contributed by atoms with van der Waals surface area (Å²) in [5.41, 5.74) is 3.68. The predicted molar refractivity (Wildman–Crippen MR) is 223 cm³/mol. The third-order valence-corrected chi connectivity index (χ3v) is 11.7. The highest BCUT2D eigenvalue weighted by Gasteiger charge is 2.47. The maximum atomic E-state index is 13.2. The first-order chi connectivity index (χ1) is 27.1. The number of hydrogen-bond acceptors (Lipinski definition) is 6. The van der Waals surface area contributed by atoms with E-state index in [-0.39, 0.29) is 44.2 Å². The topological polar surface area (TPSA) is 93.2 Å². The van der Waals surface area contributed by atoms with Gasteiger partial charge in [-0.25, -0.2) is 0 Å². The molecule has 0 aromatic heterocycles. The molecule has 4 aromatic carbocycles. The van der Waals surface area contributed by atoms with Gasteiger partial charge >= 0.3 is 0 Å². The molecular formula is C45H46Cl4N2O6. The zero-order chi connectivity index (χ0) is 39.3. The number of aldehydes is 2. The van der Waals surface area contributed by atoms with E-state index in [9.17, 15) is 19.2 Å². The van der Waals surface area contributed by atoms with Crippen molar-refractivity contribution in [2.75, 3.05) is 13.1 Å². The SMILES string of the molecule is C.O=CC[C@@H]1O[C@@H](c2cccc(Cl)c2)[C@@H](c2ccc(Cl)cc2)N(CC2CC2)C1=O.O=CC[C@H]1O[C@H](c2cccc(Cl)c2)[C@H](c2ccc(Cl)cc2)N(CC2CC2)C1=O. The van der Waals surface area contributed by atoms with Gasteiger partial charge in [-0.2, -0.15) is 0 Å². The Kier molecular flexibility index (Phi) is 14.5. The molecule has 2 saturated heterocycles. The first kappa shape index (κ1) is 42.8. The molecule has 12 heteroatoms. The predicted octanol–water partition coefficient (Wildman–Crippen LogP) is 10.6. The van der Waals surface area contributed by atoms with E-state index in [4.69, 9.17) is 55.9 Å². The van der Waals surface area contributed by atoms with Gasteiger partial charge in [-0.3, -0.25) is 9.59 Å². The number of benzene rings is 4. The lowest BCUT2D eigenvalue weighted by Gasteiger charge is -2.44. The summed E-state index contributed by atoms with van der Waals surface area (Å²) in [6, 6.07) is 29.4. The summed E-state index contributed by atoms with van der Waals surface area (Å²) in [6.07, 6.45) is 3.70. The normalized spacial score (nSPS) is 24.6. The summed E-state index contributed by atoms with van der Waals surface area (Å²) in [6.45, 7) is 1.34. The fraction of sp³-hybridized carbons (Fsp3) is 0.378. The number of carbonyl (C=O) groups excluding carboxylic acids is 4. The smallest absolute Gasteiger partial charge is 0.252 e. The van der Waals surface area contributed by atoms with Crippen molar-refractivity contribution < 1.29 is 28.7 Å². The molecule has 0 spiro atoms. The Morgan fingerprint density at radius 3 is 1.21 bits per heavy atom. The maximum absolute atomic E-state index is 13.2. The van der Waals surface area contributed by atoms with Crippen LogP contribution in [0.25, 0.3) is 0 Å². The van der Waals surface area contributed by atoms with Crippen LogP contribution in [0.2, 0.25) is 20.1 Å². The molecule has 6 atom stereocenters. The van der Waals surface area contributed by atoms with Crippen molar-refractivity contribution in [2.45, 2.75) is 82.5 Å². The minimum atomic E-state index is -0.774. The summed E-state index contributed by atoms with van der Waals surface area (Å²) in [5, 5.41) is 2.49. The van der Waals surface area contributed by atoms with Crippen LogP contribution < -0.4 is 0 Å². The highest BCUT2D eigenvalue weighted by atomic mass is 35.5. The Hall–Kier alpha value is -3.76. The molecule has 4 aromatic rings. The molecule has 8 rings (SSSR count). The maximum Gasteiger partial charge on any atom is 0.252 e. The zero-order valence-electron chi connectivity index (χ0n) is 30.5. The Morgan fingerprint density at radius 2 is 0.895 bits per heavy atom. The van der Waals surface area contributed by atoms with Crippen LogP contribution >= 0.6 is 46.4 Å². The average molecular weight is 853 g/mol. The monoisotopic (exact) mass is 850 g/mol. The molecule has 2 aliphatic heterocycles. The van der Waals surface area contributed by atoms with Crippen LogP contribution in [0.3, 0.4) is 0 Å². The molecule has 0 unspecified atom stereocenters. The lowest BCUT2D eigenvalue weighted by atomic mass is 9.91. The summed E-state index contributed by atoms with van der Waals surface area (Å²) < 4.78 is 12.4. The lowest BCUT2D eigenvalue weighted by Crippen LogP contribution is -2.51. The average Bonchev–Trinajstić information content (AvgIpc) is 4.14. The van der Waals surface area contributed by atoms with Crippen molar-refractivity contribution >= 4 is 70.8 Å². The third-order valence-electron chi connectivity index (χ3n) is 10.7. The molecular weight excluding hydrogens is 806 g/mol. The molecule has 2 heterocycles. The van der Waals surface area contributed by atoms with Gasteiger partial charge in [0.15, 0.2) is 0 Å². The molecule has 0 bridgehead atoms. The number of carbonyl (C=O) groups is 4. The van der Waals surface area contributed by atoms with E-state index in [0.29, 0.717) is 45.0 Å². The molecule has 8 nitrogen and oxygen atoms in total. The Balaban J connectivity index is 0.000000189. The number of rotatable bonds is 12. The van der Waals surface area contributed by atoms with Gasteiger partial charge in [-0.15, -0.1) is 0 Å². The zero-order valence-corrected chi connectivity index (χ0v) is 33.5. The minimum Gasteiger partial charge on any atom is -0.357 e. The fourth-order valence-corrected chi connectivity index (χ4v) is 8.21. The highest BCUT2D eigenvalue weighted by Crippen LogP contribution is 2.47. The van der Waals surface area contributed by atoms with Crippen LogP contribution in [0.1, 0.15) is 92.5 Å².